The summed E-state index contributed by atoms with van der Waals surface area (Å²) in [6.45, 7) is 3.25. The standard InChI is InChI=1S/C20H24N4O5.ClH/c1-13-10-15(22-23-16-6-7-18(25)17(11-16)19(26)27)5-4-14(13)12-29-20(28)24(3)9-8-21-2;/h4-7,10-11,21,25H,8-9,12H2,1-3H3,(H,26,27);1H/b23-22+;. The summed E-state index contributed by atoms with van der Waals surface area (Å²) in [5.74, 6) is -1.58. The Morgan fingerprint density at radius 1 is 1.13 bits per heavy atom. The van der Waals surface area contributed by atoms with E-state index < -0.39 is 12.1 Å². The topological polar surface area (TPSA) is 124 Å². The summed E-state index contributed by atoms with van der Waals surface area (Å²) in [6, 6.07) is 9.28. The Morgan fingerprint density at radius 3 is 2.37 bits per heavy atom. The van der Waals surface area contributed by atoms with Crippen molar-refractivity contribution in [2.75, 3.05) is 27.2 Å². The number of rotatable bonds is 8. The highest BCUT2D eigenvalue weighted by atomic mass is 35.5. The second kappa shape index (κ2) is 11.7. The minimum atomic E-state index is -1.24. The molecule has 0 unspecified atom stereocenters. The second-order valence-corrected chi connectivity index (χ2v) is 6.40. The molecule has 0 bridgehead atoms. The summed E-state index contributed by atoms with van der Waals surface area (Å²) in [5.41, 5.74) is 2.35. The lowest BCUT2D eigenvalue weighted by molar-refractivity contribution is 0.0693. The lowest BCUT2D eigenvalue weighted by atomic mass is 10.1. The number of carboxylic acids is 1. The van der Waals surface area contributed by atoms with E-state index in [-0.39, 0.29) is 30.3 Å². The summed E-state index contributed by atoms with van der Waals surface area (Å²) in [7, 11) is 3.49. The number of nitrogens with zero attached hydrogens (tertiary/aromatic N) is 3. The maximum atomic E-state index is 11.9. The molecule has 0 radical (unpaired) electrons. The van der Waals surface area contributed by atoms with Crippen molar-refractivity contribution in [2.45, 2.75) is 13.5 Å². The van der Waals surface area contributed by atoms with Gasteiger partial charge in [0.1, 0.15) is 17.9 Å². The maximum Gasteiger partial charge on any atom is 0.409 e. The number of nitrogens with one attached hydrogen (secondary N) is 1. The van der Waals surface area contributed by atoms with Crippen molar-refractivity contribution in [1.29, 1.82) is 0 Å². The van der Waals surface area contributed by atoms with E-state index in [1.54, 1.807) is 25.2 Å². The van der Waals surface area contributed by atoms with Gasteiger partial charge in [-0.1, -0.05) is 6.07 Å². The van der Waals surface area contributed by atoms with Crippen LogP contribution in [0.15, 0.2) is 46.6 Å². The SMILES string of the molecule is CNCCN(C)C(=O)OCc1ccc(/N=N/c2ccc(O)c(C(=O)O)c2)cc1C.Cl. The van der Waals surface area contributed by atoms with E-state index in [4.69, 9.17) is 9.84 Å². The molecule has 0 fully saturated rings. The maximum absolute atomic E-state index is 11.9. The molecule has 0 saturated heterocycles. The van der Waals surface area contributed by atoms with Crippen molar-refractivity contribution in [3.63, 3.8) is 0 Å². The number of halogens is 1. The molecule has 0 saturated carbocycles. The molecule has 9 nitrogen and oxygen atoms in total. The third kappa shape index (κ3) is 7.02. The van der Waals surface area contributed by atoms with Gasteiger partial charge in [-0.25, -0.2) is 9.59 Å². The zero-order chi connectivity index (χ0) is 21.4. The summed E-state index contributed by atoms with van der Waals surface area (Å²) in [6.07, 6.45) is -0.398. The van der Waals surface area contributed by atoms with Crippen LogP contribution in [0.25, 0.3) is 0 Å². The normalized spacial score (nSPS) is 10.5. The fraction of sp³-hybridized carbons (Fsp3) is 0.300. The van der Waals surface area contributed by atoms with Crippen LogP contribution in [0.1, 0.15) is 21.5 Å². The van der Waals surface area contributed by atoms with E-state index in [1.807, 2.05) is 14.0 Å². The number of likely N-dealkylation sites (N-methyl/N-ethyl adjacent to an activating group) is 2. The van der Waals surface area contributed by atoms with Gasteiger partial charge in [-0.3, -0.25) is 0 Å². The average molecular weight is 437 g/mol. The van der Waals surface area contributed by atoms with Crippen LogP contribution in [-0.2, 0) is 11.3 Å². The molecule has 0 aliphatic heterocycles. The summed E-state index contributed by atoms with van der Waals surface area (Å²) < 4.78 is 5.31. The predicted molar refractivity (Wildman–Crippen MR) is 114 cm³/mol. The van der Waals surface area contributed by atoms with E-state index in [2.05, 4.69) is 15.5 Å². The number of carbonyl (C=O) groups is 2. The Bertz CT molecular complexity index is 920. The molecule has 162 valence electrons. The highest BCUT2D eigenvalue weighted by molar-refractivity contribution is 5.91. The van der Waals surface area contributed by atoms with Crippen molar-refractivity contribution >= 4 is 35.8 Å². The molecule has 0 aliphatic rings. The lowest BCUT2D eigenvalue weighted by Gasteiger charge is -2.17. The number of aromatic carboxylic acids is 1. The van der Waals surface area contributed by atoms with E-state index in [9.17, 15) is 14.7 Å². The summed E-state index contributed by atoms with van der Waals surface area (Å²) >= 11 is 0. The molecule has 2 rings (SSSR count). The van der Waals surface area contributed by atoms with Gasteiger partial charge < -0.3 is 25.2 Å². The van der Waals surface area contributed by atoms with Gasteiger partial charge >= 0.3 is 12.1 Å². The molecule has 2 aromatic rings. The molecule has 3 N–H and O–H groups in total. The molecule has 0 atom stereocenters. The number of carbonyl (C=O) groups excluding carboxylic acids is 1. The van der Waals surface area contributed by atoms with Gasteiger partial charge in [0.25, 0.3) is 0 Å². The Balaban J connectivity index is 0.00000450. The Labute approximate surface area is 180 Å². The highest BCUT2D eigenvalue weighted by Gasteiger charge is 2.11. The molecule has 0 spiro atoms. The fourth-order valence-corrected chi connectivity index (χ4v) is 2.40. The number of ether oxygens (including phenoxy) is 1. The molecule has 0 aromatic heterocycles. The average Bonchev–Trinajstić information content (AvgIpc) is 2.70. The van der Waals surface area contributed by atoms with E-state index >= 15 is 0 Å². The first kappa shape index (κ1) is 24.9. The van der Waals surface area contributed by atoms with Gasteiger partial charge in [0.2, 0.25) is 0 Å². The van der Waals surface area contributed by atoms with Gasteiger partial charge in [-0.2, -0.15) is 10.2 Å². The van der Waals surface area contributed by atoms with E-state index in [0.29, 0.717) is 24.5 Å². The number of hydrogen-bond donors (Lipinski definition) is 3. The minimum absolute atomic E-state index is 0. The molecular weight excluding hydrogens is 412 g/mol. The number of azo groups is 1. The van der Waals surface area contributed by atoms with Crippen LogP contribution in [0.5, 0.6) is 5.75 Å². The van der Waals surface area contributed by atoms with Crippen LogP contribution >= 0.6 is 12.4 Å². The van der Waals surface area contributed by atoms with E-state index in [0.717, 1.165) is 11.1 Å². The van der Waals surface area contributed by atoms with Crippen LogP contribution in [0.2, 0.25) is 0 Å². The van der Waals surface area contributed by atoms with Gasteiger partial charge in [0.05, 0.1) is 11.4 Å². The Morgan fingerprint density at radius 2 is 1.77 bits per heavy atom. The van der Waals surface area contributed by atoms with Crippen molar-refractivity contribution in [2.24, 2.45) is 10.2 Å². The number of phenols is 1. The van der Waals surface area contributed by atoms with Gasteiger partial charge in [0.15, 0.2) is 0 Å². The van der Waals surface area contributed by atoms with Crippen molar-refractivity contribution < 1.29 is 24.5 Å². The van der Waals surface area contributed by atoms with Gasteiger partial charge in [-0.15, -0.1) is 12.4 Å². The number of benzene rings is 2. The number of aryl methyl sites for hydroxylation is 1. The van der Waals surface area contributed by atoms with Crippen LogP contribution < -0.4 is 5.32 Å². The smallest absolute Gasteiger partial charge is 0.409 e. The quantitative estimate of drug-likeness (QED) is 0.537. The molecule has 0 heterocycles. The lowest BCUT2D eigenvalue weighted by Crippen LogP contribution is -2.33. The first-order valence-electron chi connectivity index (χ1n) is 8.92. The van der Waals surface area contributed by atoms with Crippen LogP contribution in [0, 0.1) is 6.92 Å². The number of hydrogen-bond acceptors (Lipinski definition) is 7. The predicted octanol–water partition coefficient (Wildman–Crippen LogP) is 4.02. The van der Waals surface area contributed by atoms with Crippen molar-refractivity contribution in [1.82, 2.24) is 10.2 Å². The zero-order valence-corrected chi connectivity index (χ0v) is 17.8. The largest absolute Gasteiger partial charge is 0.507 e. The molecule has 30 heavy (non-hydrogen) atoms. The monoisotopic (exact) mass is 436 g/mol. The third-order valence-electron chi connectivity index (χ3n) is 4.18. The molecule has 1 amide bonds. The van der Waals surface area contributed by atoms with Crippen molar-refractivity contribution in [3.05, 3.63) is 53.1 Å². The first-order valence-corrected chi connectivity index (χ1v) is 8.92. The summed E-state index contributed by atoms with van der Waals surface area (Å²) in [4.78, 5) is 24.5. The molecule has 10 heteroatoms. The minimum Gasteiger partial charge on any atom is -0.507 e. The second-order valence-electron chi connectivity index (χ2n) is 6.40. The van der Waals surface area contributed by atoms with Crippen LogP contribution in [-0.4, -0.2) is 54.4 Å². The van der Waals surface area contributed by atoms with E-state index in [1.165, 1.54) is 23.1 Å². The number of carboxylic acid groups (broad SMARTS) is 1. The number of amides is 1. The Kier molecular flexibility index (Phi) is 9.73. The third-order valence-corrected chi connectivity index (χ3v) is 4.18. The molecule has 0 aliphatic carbocycles. The molecule has 2 aromatic carbocycles. The first-order chi connectivity index (χ1) is 13.8. The Hall–Kier alpha value is -3.17. The van der Waals surface area contributed by atoms with Gasteiger partial charge in [0, 0.05) is 20.1 Å². The highest BCUT2D eigenvalue weighted by Crippen LogP contribution is 2.26. The van der Waals surface area contributed by atoms with Crippen LogP contribution in [0.4, 0.5) is 16.2 Å². The molecular formula is C20H25ClN4O5. The fourth-order valence-electron chi connectivity index (χ4n) is 2.40. The summed E-state index contributed by atoms with van der Waals surface area (Å²) in [5, 5.41) is 29.6. The zero-order valence-electron chi connectivity index (χ0n) is 17.0. The van der Waals surface area contributed by atoms with Gasteiger partial charge in [-0.05, 0) is 55.4 Å². The van der Waals surface area contributed by atoms with Crippen LogP contribution in [0.3, 0.4) is 0 Å². The van der Waals surface area contributed by atoms with Crippen molar-refractivity contribution in [3.8, 4) is 5.75 Å². The number of aromatic hydroxyl groups is 1.